The van der Waals surface area contributed by atoms with E-state index in [1.165, 1.54) is 74.6 Å². The lowest BCUT2D eigenvalue weighted by Crippen LogP contribution is -2.67. The third kappa shape index (κ3) is 11.6. The SMILES string of the molecule is CC(CCCCCCCCCCC#CCCCOC1CCCCO1)O[Si](c1ccccc1)(c1ccccc1)C(C)(C)C. The van der Waals surface area contributed by atoms with E-state index < -0.39 is 8.32 Å². The van der Waals surface area contributed by atoms with E-state index >= 15 is 0 Å². The van der Waals surface area contributed by atoms with Gasteiger partial charge in [-0.05, 0) is 60.9 Å². The van der Waals surface area contributed by atoms with Crippen LogP contribution in [0.1, 0.15) is 124 Å². The number of benzene rings is 2. The Hall–Kier alpha value is -1.90. The van der Waals surface area contributed by atoms with Crippen molar-refractivity contribution in [3.8, 4) is 11.8 Å². The van der Waals surface area contributed by atoms with Crippen molar-refractivity contribution in [3.63, 3.8) is 0 Å². The first-order chi connectivity index (χ1) is 20.4. The normalized spacial score (nSPS) is 16.5. The first kappa shape index (κ1) is 34.6. The molecule has 2 unspecified atom stereocenters. The van der Waals surface area contributed by atoms with Crippen molar-refractivity contribution in [2.45, 2.75) is 141 Å². The molecular formula is C38H58O3Si. The van der Waals surface area contributed by atoms with Gasteiger partial charge in [0.15, 0.2) is 6.29 Å². The maximum absolute atomic E-state index is 7.24. The second-order valence-electron chi connectivity index (χ2n) is 13.1. The molecule has 0 aromatic heterocycles. The van der Waals surface area contributed by atoms with E-state index in [1.54, 1.807) is 0 Å². The number of ether oxygens (including phenoxy) is 2. The second-order valence-corrected chi connectivity index (χ2v) is 17.3. The Balaban J connectivity index is 1.26. The van der Waals surface area contributed by atoms with Gasteiger partial charge in [0, 0.05) is 25.6 Å². The number of hydrogen-bond donors (Lipinski definition) is 0. The highest BCUT2D eigenvalue weighted by atomic mass is 28.4. The predicted octanol–water partition coefficient (Wildman–Crippen LogP) is 9.18. The fourth-order valence-electron chi connectivity index (χ4n) is 6.15. The number of unbranched alkanes of at least 4 members (excludes halogenated alkanes) is 9. The molecule has 0 N–H and O–H groups in total. The summed E-state index contributed by atoms with van der Waals surface area (Å²) in [7, 11) is -2.45. The molecule has 0 aliphatic carbocycles. The molecule has 0 saturated carbocycles. The zero-order valence-corrected chi connectivity index (χ0v) is 28.2. The molecule has 0 bridgehead atoms. The quantitative estimate of drug-likeness (QED) is 0.0984. The molecule has 3 rings (SSSR count). The van der Waals surface area contributed by atoms with Gasteiger partial charge in [-0.1, -0.05) is 126 Å². The highest BCUT2D eigenvalue weighted by Crippen LogP contribution is 2.38. The third-order valence-corrected chi connectivity index (χ3v) is 13.6. The lowest BCUT2D eigenvalue weighted by atomic mass is 10.1. The van der Waals surface area contributed by atoms with Gasteiger partial charge in [0.2, 0.25) is 0 Å². The topological polar surface area (TPSA) is 27.7 Å². The number of hydrogen-bond acceptors (Lipinski definition) is 3. The molecule has 0 amide bonds. The minimum absolute atomic E-state index is 0.0318. The van der Waals surface area contributed by atoms with Crippen molar-refractivity contribution >= 4 is 18.7 Å². The Bertz CT molecular complexity index is 976. The largest absolute Gasteiger partial charge is 0.405 e. The molecule has 1 saturated heterocycles. The predicted molar refractivity (Wildman–Crippen MR) is 181 cm³/mol. The highest BCUT2D eigenvalue weighted by molar-refractivity contribution is 6.99. The molecule has 4 heteroatoms. The Morgan fingerprint density at radius 1 is 0.762 bits per heavy atom. The van der Waals surface area contributed by atoms with Gasteiger partial charge >= 0.3 is 0 Å². The van der Waals surface area contributed by atoms with E-state index in [9.17, 15) is 0 Å². The van der Waals surface area contributed by atoms with Crippen LogP contribution in [-0.2, 0) is 13.9 Å². The van der Waals surface area contributed by atoms with E-state index in [0.717, 1.165) is 45.3 Å². The van der Waals surface area contributed by atoms with Crippen LogP contribution in [0.2, 0.25) is 5.04 Å². The van der Waals surface area contributed by atoms with E-state index in [4.69, 9.17) is 13.9 Å². The van der Waals surface area contributed by atoms with Gasteiger partial charge in [-0.2, -0.15) is 0 Å². The molecule has 1 aliphatic rings. The van der Waals surface area contributed by atoms with Gasteiger partial charge in [0.05, 0.1) is 6.61 Å². The molecule has 232 valence electrons. The summed E-state index contributed by atoms with van der Waals surface area (Å²) in [6.07, 6.45) is 18.3. The summed E-state index contributed by atoms with van der Waals surface area (Å²) in [5, 5.41) is 2.78. The summed E-state index contributed by atoms with van der Waals surface area (Å²) in [6, 6.07) is 22.0. The van der Waals surface area contributed by atoms with Crippen LogP contribution in [0.25, 0.3) is 0 Å². The van der Waals surface area contributed by atoms with E-state index in [-0.39, 0.29) is 17.4 Å². The van der Waals surface area contributed by atoms with Crippen LogP contribution < -0.4 is 10.4 Å². The summed E-state index contributed by atoms with van der Waals surface area (Å²) in [5.41, 5.74) is 0. The maximum atomic E-state index is 7.24. The van der Waals surface area contributed by atoms with Crippen LogP contribution >= 0.6 is 0 Å². The smallest absolute Gasteiger partial charge is 0.261 e. The van der Waals surface area contributed by atoms with Gasteiger partial charge in [-0.25, -0.2) is 0 Å². The van der Waals surface area contributed by atoms with E-state index in [0.29, 0.717) is 0 Å². The van der Waals surface area contributed by atoms with Crippen molar-refractivity contribution in [2.75, 3.05) is 13.2 Å². The molecule has 2 aromatic rings. The van der Waals surface area contributed by atoms with Crippen molar-refractivity contribution in [3.05, 3.63) is 60.7 Å². The van der Waals surface area contributed by atoms with Crippen molar-refractivity contribution in [1.82, 2.24) is 0 Å². The van der Waals surface area contributed by atoms with Gasteiger partial charge < -0.3 is 13.9 Å². The van der Waals surface area contributed by atoms with Crippen LogP contribution in [0, 0.1) is 11.8 Å². The van der Waals surface area contributed by atoms with Gasteiger partial charge in [0.25, 0.3) is 8.32 Å². The zero-order valence-electron chi connectivity index (χ0n) is 27.2. The van der Waals surface area contributed by atoms with Crippen LogP contribution in [-0.4, -0.2) is 33.9 Å². The lowest BCUT2D eigenvalue weighted by Gasteiger charge is -2.44. The molecule has 0 radical (unpaired) electrons. The molecule has 1 aliphatic heterocycles. The summed E-state index contributed by atoms with van der Waals surface area (Å²) < 4.78 is 18.6. The molecule has 0 spiro atoms. The monoisotopic (exact) mass is 590 g/mol. The summed E-state index contributed by atoms with van der Waals surface area (Å²) in [6.45, 7) is 11.0. The van der Waals surface area contributed by atoms with Crippen molar-refractivity contribution in [1.29, 1.82) is 0 Å². The van der Waals surface area contributed by atoms with Crippen LogP contribution in [0.3, 0.4) is 0 Å². The molecule has 2 atom stereocenters. The highest BCUT2D eigenvalue weighted by Gasteiger charge is 2.50. The van der Waals surface area contributed by atoms with E-state index in [1.807, 2.05) is 0 Å². The molecule has 3 nitrogen and oxygen atoms in total. The van der Waals surface area contributed by atoms with Crippen LogP contribution in [0.15, 0.2) is 60.7 Å². The summed E-state index contributed by atoms with van der Waals surface area (Å²) in [5.74, 6) is 6.67. The maximum Gasteiger partial charge on any atom is 0.261 e. The van der Waals surface area contributed by atoms with Crippen LogP contribution in [0.5, 0.6) is 0 Å². The van der Waals surface area contributed by atoms with Gasteiger partial charge in [0.1, 0.15) is 0 Å². The lowest BCUT2D eigenvalue weighted by molar-refractivity contribution is -0.162. The van der Waals surface area contributed by atoms with Crippen LogP contribution in [0.4, 0.5) is 0 Å². The Morgan fingerprint density at radius 2 is 1.31 bits per heavy atom. The first-order valence-electron chi connectivity index (χ1n) is 16.9. The average molecular weight is 591 g/mol. The Labute approximate surface area is 259 Å². The second kappa shape index (κ2) is 19.4. The summed E-state index contributed by atoms with van der Waals surface area (Å²) in [4.78, 5) is 0. The first-order valence-corrected chi connectivity index (χ1v) is 18.8. The zero-order chi connectivity index (χ0) is 29.9. The minimum atomic E-state index is -2.45. The fourth-order valence-corrected chi connectivity index (χ4v) is 10.9. The molecule has 42 heavy (non-hydrogen) atoms. The van der Waals surface area contributed by atoms with Crippen molar-refractivity contribution < 1.29 is 13.9 Å². The van der Waals surface area contributed by atoms with Crippen molar-refractivity contribution in [2.24, 2.45) is 0 Å². The molecule has 2 aromatic carbocycles. The molecule has 1 fully saturated rings. The van der Waals surface area contributed by atoms with Gasteiger partial charge in [-0.15, -0.1) is 11.8 Å². The third-order valence-electron chi connectivity index (χ3n) is 8.47. The Morgan fingerprint density at radius 3 is 1.86 bits per heavy atom. The summed E-state index contributed by atoms with van der Waals surface area (Å²) >= 11 is 0. The Kier molecular flexibility index (Phi) is 16.0. The fraction of sp³-hybridized carbons (Fsp3) is 0.632. The molecular weight excluding hydrogens is 533 g/mol. The van der Waals surface area contributed by atoms with E-state index in [2.05, 4.69) is 100 Å². The standard InChI is InChI=1S/C38H58O3Si/c1-34(41-42(38(2,3)4,35-27-19-16-20-28-35)36-29-21-17-22-30-36)26-18-14-12-10-8-6-5-7-9-11-13-15-24-32-39-37-31-23-25-33-40-37/h16-17,19-22,27-30,34,37H,5-10,12,14-15,18,23-26,31-33H2,1-4H3. The van der Waals surface area contributed by atoms with Gasteiger partial charge in [-0.3, -0.25) is 0 Å². The minimum Gasteiger partial charge on any atom is -0.405 e. The number of rotatable bonds is 18. The average Bonchev–Trinajstić information content (AvgIpc) is 3.00. The molecule has 1 heterocycles.